The van der Waals surface area contributed by atoms with Crippen LogP contribution in [0.5, 0.6) is 0 Å². The summed E-state index contributed by atoms with van der Waals surface area (Å²) < 4.78 is 5.78. The number of imide groups is 1. The minimum atomic E-state index is -0.585. The lowest BCUT2D eigenvalue weighted by Gasteiger charge is -2.11. The number of fused-ring (bicyclic) bond motifs is 1. The standard InChI is InChI=1S/C21H19N3O3S/c25-19-20(28-21(26)24-19)23-16-6-3-4-14(12-16)10-11-27-13-17-9-8-15-5-1-2-7-18(15)22-17/h1-9,12,20,23H,10-11,13H2,(H,24,25,26). The van der Waals surface area contributed by atoms with Gasteiger partial charge in [0.15, 0.2) is 5.37 Å². The van der Waals surface area contributed by atoms with Crippen molar-refractivity contribution < 1.29 is 14.3 Å². The monoisotopic (exact) mass is 393 g/mol. The number of carbonyl (C=O) groups is 2. The van der Waals surface area contributed by atoms with E-state index in [1.165, 1.54) is 0 Å². The van der Waals surface area contributed by atoms with E-state index in [4.69, 9.17) is 4.74 Å². The molecule has 2 heterocycles. The molecule has 28 heavy (non-hydrogen) atoms. The summed E-state index contributed by atoms with van der Waals surface area (Å²) in [6.07, 6.45) is 0.742. The van der Waals surface area contributed by atoms with Crippen LogP contribution in [0.15, 0.2) is 60.7 Å². The summed E-state index contributed by atoms with van der Waals surface area (Å²) in [5, 5.41) is 5.55. The van der Waals surface area contributed by atoms with Gasteiger partial charge in [0.25, 0.3) is 11.1 Å². The Morgan fingerprint density at radius 2 is 1.96 bits per heavy atom. The molecule has 1 saturated heterocycles. The van der Waals surface area contributed by atoms with Gasteiger partial charge in [-0.25, -0.2) is 0 Å². The fourth-order valence-electron chi connectivity index (χ4n) is 2.97. The van der Waals surface area contributed by atoms with Gasteiger partial charge >= 0.3 is 0 Å². The Bertz CT molecular complexity index is 1020. The second-order valence-electron chi connectivity index (χ2n) is 6.42. The molecule has 0 bridgehead atoms. The summed E-state index contributed by atoms with van der Waals surface area (Å²) in [5.41, 5.74) is 3.76. The van der Waals surface area contributed by atoms with E-state index in [0.29, 0.717) is 13.2 Å². The van der Waals surface area contributed by atoms with Crippen molar-refractivity contribution in [2.24, 2.45) is 0 Å². The Hall–Kier alpha value is -2.90. The number of pyridine rings is 1. The van der Waals surface area contributed by atoms with Crippen LogP contribution >= 0.6 is 11.8 Å². The smallest absolute Gasteiger partial charge is 0.288 e. The lowest BCUT2D eigenvalue weighted by atomic mass is 10.1. The van der Waals surface area contributed by atoms with Crippen molar-refractivity contribution in [1.82, 2.24) is 10.3 Å². The first-order chi connectivity index (χ1) is 13.7. The van der Waals surface area contributed by atoms with Crippen LogP contribution in [0, 0.1) is 0 Å². The van der Waals surface area contributed by atoms with Gasteiger partial charge in [0.2, 0.25) is 0 Å². The fraction of sp³-hybridized carbons (Fsp3) is 0.190. The van der Waals surface area contributed by atoms with Crippen molar-refractivity contribution in [1.29, 1.82) is 0 Å². The Kier molecular flexibility index (Phi) is 5.55. The molecule has 1 unspecified atom stereocenters. The van der Waals surface area contributed by atoms with Gasteiger partial charge in [0.1, 0.15) is 0 Å². The van der Waals surface area contributed by atoms with Crippen molar-refractivity contribution in [2.75, 3.05) is 11.9 Å². The fourth-order valence-corrected chi connectivity index (χ4v) is 3.71. The van der Waals surface area contributed by atoms with E-state index < -0.39 is 5.37 Å². The number of hydrogen-bond donors (Lipinski definition) is 2. The molecular weight excluding hydrogens is 374 g/mol. The summed E-state index contributed by atoms with van der Waals surface area (Å²) in [6.45, 7) is 1.03. The van der Waals surface area contributed by atoms with Crippen LogP contribution in [0.1, 0.15) is 11.3 Å². The first kappa shape index (κ1) is 18.5. The quantitative estimate of drug-likeness (QED) is 0.596. The minimum absolute atomic E-state index is 0.313. The van der Waals surface area contributed by atoms with Crippen molar-refractivity contribution >= 4 is 39.5 Å². The molecule has 0 saturated carbocycles. The molecule has 1 aliphatic rings. The van der Waals surface area contributed by atoms with Gasteiger partial charge in [-0.3, -0.25) is 19.9 Å². The third-order valence-electron chi connectivity index (χ3n) is 4.35. The van der Waals surface area contributed by atoms with Gasteiger partial charge in [-0.05, 0) is 48.0 Å². The van der Waals surface area contributed by atoms with Crippen LogP contribution in [-0.4, -0.2) is 28.1 Å². The number of rotatable bonds is 7. The molecule has 3 aromatic rings. The van der Waals surface area contributed by atoms with Crippen LogP contribution in [0.4, 0.5) is 10.5 Å². The molecule has 2 aromatic carbocycles. The highest BCUT2D eigenvalue weighted by molar-refractivity contribution is 8.15. The molecule has 2 N–H and O–H groups in total. The first-order valence-corrected chi connectivity index (χ1v) is 9.85. The first-order valence-electron chi connectivity index (χ1n) is 8.97. The summed E-state index contributed by atoms with van der Waals surface area (Å²) in [7, 11) is 0. The van der Waals surface area contributed by atoms with Gasteiger partial charge in [0, 0.05) is 11.1 Å². The number of benzene rings is 2. The normalized spacial score (nSPS) is 16.4. The number of anilines is 1. The SMILES string of the molecule is O=C1NC(=O)C(Nc2cccc(CCOCc3ccc4ccccc4n3)c2)S1. The molecule has 1 fully saturated rings. The van der Waals surface area contributed by atoms with Crippen LogP contribution < -0.4 is 10.6 Å². The van der Waals surface area contributed by atoms with Crippen LogP contribution in [-0.2, 0) is 22.6 Å². The number of para-hydroxylation sites is 1. The largest absolute Gasteiger partial charge is 0.375 e. The van der Waals surface area contributed by atoms with Gasteiger partial charge < -0.3 is 10.1 Å². The van der Waals surface area contributed by atoms with E-state index in [1.54, 1.807) is 0 Å². The number of amides is 2. The lowest BCUT2D eigenvalue weighted by molar-refractivity contribution is -0.118. The molecule has 2 amide bonds. The number of hydrogen-bond acceptors (Lipinski definition) is 6. The molecule has 1 aliphatic heterocycles. The number of aromatic nitrogens is 1. The highest BCUT2D eigenvalue weighted by Gasteiger charge is 2.31. The Balaban J connectivity index is 1.28. The predicted molar refractivity (Wildman–Crippen MR) is 110 cm³/mol. The second-order valence-corrected chi connectivity index (χ2v) is 7.50. The predicted octanol–water partition coefficient (Wildman–Crippen LogP) is 3.72. The van der Waals surface area contributed by atoms with Crippen molar-refractivity contribution in [3.8, 4) is 0 Å². The van der Waals surface area contributed by atoms with E-state index in [1.807, 2.05) is 54.6 Å². The zero-order valence-corrected chi connectivity index (χ0v) is 15.9. The Labute approximate surface area is 166 Å². The molecule has 1 atom stereocenters. The summed E-state index contributed by atoms with van der Waals surface area (Å²) in [4.78, 5) is 27.5. The highest BCUT2D eigenvalue weighted by Crippen LogP contribution is 2.22. The number of ether oxygens (including phenoxy) is 1. The molecular formula is C21H19N3O3S. The second kappa shape index (κ2) is 8.41. The third kappa shape index (κ3) is 4.49. The van der Waals surface area contributed by atoms with Gasteiger partial charge in [-0.15, -0.1) is 0 Å². The molecule has 0 radical (unpaired) electrons. The maximum absolute atomic E-state index is 11.7. The molecule has 0 aliphatic carbocycles. The van der Waals surface area contributed by atoms with Gasteiger partial charge in [-0.1, -0.05) is 36.4 Å². The third-order valence-corrected chi connectivity index (χ3v) is 5.24. The lowest BCUT2D eigenvalue weighted by Crippen LogP contribution is -2.29. The van der Waals surface area contributed by atoms with Gasteiger partial charge in [0.05, 0.1) is 24.4 Å². The Morgan fingerprint density at radius 1 is 1.07 bits per heavy atom. The maximum Gasteiger partial charge on any atom is 0.288 e. The topological polar surface area (TPSA) is 80.3 Å². The van der Waals surface area contributed by atoms with E-state index >= 15 is 0 Å². The van der Waals surface area contributed by atoms with Crippen molar-refractivity contribution in [3.05, 3.63) is 71.9 Å². The zero-order valence-electron chi connectivity index (χ0n) is 15.1. The van der Waals surface area contributed by atoms with E-state index in [-0.39, 0.29) is 11.1 Å². The average Bonchev–Trinajstić information content (AvgIpc) is 3.02. The van der Waals surface area contributed by atoms with Crippen LogP contribution in [0.2, 0.25) is 0 Å². The number of carbonyl (C=O) groups excluding carboxylic acids is 2. The minimum Gasteiger partial charge on any atom is -0.375 e. The molecule has 142 valence electrons. The summed E-state index contributed by atoms with van der Waals surface area (Å²) in [5.74, 6) is -0.313. The Morgan fingerprint density at radius 3 is 2.82 bits per heavy atom. The van der Waals surface area contributed by atoms with Gasteiger partial charge in [-0.2, -0.15) is 0 Å². The average molecular weight is 393 g/mol. The van der Waals surface area contributed by atoms with Crippen molar-refractivity contribution in [2.45, 2.75) is 18.4 Å². The van der Waals surface area contributed by atoms with Crippen LogP contribution in [0.25, 0.3) is 10.9 Å². The molecule has 0 spiro atoms. The van der Waals surface area contributed by atoms with E-state index in [9.17, 15) is 9.59 Å². The zero-order chi connectivity index (χ0) is 19.3. The molecule has 7 heteroatoms. The molecule has 1 aromatic heterocycles. The highest BCUT2D eigenvalue weighted by atomic mass is 32.2. The number of thioether (sulfide) groups is 1. The number of nitrogens with zero attached hydrogens (tertiary/aromatic N) is 1. The maximum atomic E-state index is 11.7. The number of nitrogens with one attached hydrogen (secondary N) is 2. The van der Waals surface area contributed by atoms with E-state index in [0.717, 1.165) is 46.0 Å². The summed E-state index contributed by atoms with van der Waals surface area (Å²) in [6, 6.07) is 19.8. The van der Waals surface area contributed by atoms with E-state index in [2.05, 4.69) is 21.7 Å². The molecule has 4 rings (SSSR count). The van der Waals surface area contributed by atoms with Crippen LogP contribution in [0.3, 0.4) is 0 Å². The summed E-state index contributed by atoms with van der Waals surface area (Å²) >= 11 is 0.952. The molecule has 6 nitrogen and oxygen atoms in total. The van der Waals surface area contributed by atoms with Crippen molar-refractivity contribution in [3.63, 3.8) is 0 Å².